The van der Waals surface area contributed by atoms with Crippen LogP contribution in [0.25, 0.3) is 0 Å². The number of hydrogen-bond acceptors (Lipinski definition) is 4. The fourth-order valence-corrected chi connectivity index (χ4v) is 2.17. The van der Waals surface area contributed by atoms with Crippen LogP contribution in [0.15, 0.2) is 0 Å². The lowest BCUT2D eigenvalue weighted by Crippen LogP contribution is -2.41. The summed E-state index contributed by atoms with van der Waals surface area (Å²) in [7, 11) is 2.46. The lowest BCUT2D eigenvalue weighted by molar-refractivity contribution is 0.0309. The first-order valence-corrected chi connectivity index (χ1v) is 10.0. The van der Waals surface area contributed by atoms with Crippen LogP contribution in [-0.2, 0) is 13.9 Å². The van der Waals surface area contributed by atoms with E-state index in [1.807, 2.05) is 14.1 Å². The van der Waals surface area contributed by atoms with Crippen LogP contribution in [0.1, 0.15) is 20.8 Å². The van der Waals surface area contributed by atoms with Crippen LogP contribution in [0.2, 0.25) is 18.1 Å². The molecule has 19 heavy (non-hydrogen) atoms. The quantitative estimate of drug-likeness (QED) is 0.457. The third kappa shape index (κ3) is 9.57. The van der Waals surface area contributed by atoms with Crippen molar-refractivity contribution in [2.75, 3.05) is 53.7 Å². The van der Waals surface area contributed by atoms with E-state index in [1.54, 1.807) is 0 Å². The maximum atomic E-state index is 6.02. The fraction of sp³-hybridized carbons (Fsp3) is 1.00. The maximum absolute atomic E-state index is 6.02. The molecule has 0 radical (unpaired) electrons. The Morgan fingerprint density at radius 1 is 0.842 bits per heavy atom. The second kappa shape index (κ2) is 9.08. The summed E-state index contributed by atoms with van der Waals surface area (Å²) >= 11 is 0. The molecule has 0 atom stereocenters. The van der Waals surface area contributed by atoms with Gasteiger partial charge in [0.25, 0.3) is 0 Å². The van der Waals surface area contributed by atoms with Gasteiger partial charge in [0.15, 0.2) is 8.32 Å². The van der Waals surface area contributed by atoms with E-state index in [0.717, 1.165) is 13.2 Å². The molecule has 0 aliphatic rings. The number of hydrogen-bond donors (Lipinski definition) is 0. The minimum absolute atomic E-state index is 0.266. The molecule has 0 rings (SSSR count). The van der Waals surface area contributed by atoms with Gasteiger partial charge < -0.3 is 18.8 Å². The molecule has 5 heteroatoms. The van der Waals surface area contributed by atoms with Gasteiger partial charge in [-0.15, -0.1) is 0 Å². The van der Waals surface area contributed by atoms with Gasteiger partial charge in [0, 0.05) is 6.54 Å². The van der Waals surface area contributed by atoms with Crippen molar-refractivity contribution in [1.82, 2.24) is 4.90 Å². The molecule has 0 aromatic heterocycles. The zero-order valence-electron chi connectivity index (χ0n) is 13.9. The SMILES string of the molecule is CN(C)CCOCCOCCO[Si](C)(C)C(C)(C)C. The highest BCUT2D eigenvalue weighted by atomic mass is 28.4. The van der Waals surface area contributed by atoms with Crippen molar-refractivity contribution in [2.45, 2.75) is 38.9 Å². The predicted octanol–water partition coefficient (Wildman–Crippen LogP) is 2.60. The molecule has 0 N–H and O–H groups in total. The maximum Gasteiger partial charge on any atom is 0.192 e. The van der Waals surface area contributed by atoms with E-state index in [2.05, 4.69) is 38.8 Å². The summed E-state index contributed by atoms with van der Waals surface area (Å²) in [6, 6.07) is 0. The highest BCUT2D eigenvalue weighted by Crippen LogP contribution is 2.36. The number of ether oxygens (including phenoxy) is 2. The summed E-state index contributed by atoms with van der Waals surface area (Å²) in [5.41, 5.74) is 0. The normalized spacial score (nSPS) is 13.3. The average Bonchev–Trinajstić information content (AvgIpc) is 2.24. The smallest absolute Gasteiger partial charge is 0.192 e. The van der Waals surface area contributed by atoms with Crippen molar-refractivity contribution in [3.63, 3.8) is 0 Å². The van der Waals surface area contributed by atoms with E-state index in [4.69, 9.17) is 13.9 Å². The summed E-state index contributed by atoms with van der Waals surface area (Å²) in [6.07, 6.45) is 0. The standard InChI is InChI=1S/C14H33NO3Si/c1-14(2,3)19(6,7)18-13-12-17-11-10-16-9-8-15(4)5/h8-13H2,1-7H3. The Bertz CT molecular complexity index is 227. The Labute approximate surface area is 120 Å². The van der Waals surface area contributed by atoms with Gasteiger partial charge in [-0.3, -0.25) is 0 Å². The Kier molecular flexibility index (Phi) is 9.10. The number of nitrogens with zero attached hydrogens (tertiary/aromatic N) is 1. The molecule has 0 aliphatic heterocycles. The molecule has 0 aliphatic carbocycles. The molecule has 0 unspecified atom stereocenters. The van der Waals surface area contributed by atoms with Gasteiger partial charge >= 0.3 is 0 Å². The Balaban J connectivity index is 3.41. The Morgan fingerprint density at radius 2 is 1.32 bits per heavy atom. The van der Waals surface area contributed by atoms with Crippen molar-refractivity contribution in [3.8, 4) is 0 Å². The third-order valence-electron chi connectivity index (χ3n) is 3.55. The van der Waals surface area contributed by atoms with E-state index < -0.39 is 8.32 Å². The molecule has 116 valence electrons. The first kappa shape index (κ1) is 19.1. The van der Waals surface area contributed by atoms with Crippen molar-refractivity contribution in [3.05, 3.63) is 0 Å². The van der Waals surface area contributed by atoms with Gasteiger partial charge in [-0.05, 0) is 32.2 Å². The van der Waals surface area contributed by atoms with Gasteiger partial charge in [0.2, 0.25) is 0 Å². The molecule has 0 spiro atoms. The molecule has 0 bridgehead atoms. The molecule has 0 saturated carbocycles. The molecule has 0 saturated heterocycles. The van der Waals surface area contributed by atoms with Crippen LogP contribution in [-0.4, -0.2) is 66.9 Å². The van der Waals surface area contributed by atoms with E-state index in [0.29, 0.717) is 26.4 Å². The van der Waals surface area contributed by atoms with Crippen LogP contribution in [0.4, 0.5) is 0 Å². The topological polar surface area (TPSA) is 30.9 Å². The van der Waals surface area contributed by atoms with Crippen molar-refractivity contribution < 1.29 is 13.9 Å². The van der Waals surface area contributed by atoms with Gasteiger partial charge in [-0.1, -0.05) is 20.8 Å². The Morgan fingerprint density at radius 3 is 1.79 bits per heavy atom. The second-order valence-corrected chi connectivity index (χ2v) is 11.4. The van der Waals surface area contributed by atoms with E-state index in [1.165, 1.54) is 0 Å². The highest BCUT2D eigenvalue weighted by molar-refractivity contribution is 6.74. The van der Waals surface area contributed by atoms with Crippen LogP contribution >= 0.6 is 0 Å². The van der Waals surface area contributed by atoms with Crippen molar-refractivity contribution in [2.24, 2.45) is 0 Å². The first-order chi connectivity index (χ1) is 8.67. The van der Waals surface area contributed by atoms with Gasteiger partial charge in [-0.2, -0.15) is 0 Å². The first-order valence-electron chi connectivity index (χ1n) is 7.11. The van der Waals surface area contributed by atoms with Crippen LogP contribution in [0, 0.1) is 0 Å². The van der Waals surface area contributed by atoms with Crippen molar-refractivity contribution >= 4 is 8.32 Å². The van der Waals surface area contributed by atoms with Crippen LogP contribution in [0.3, 0.4) is 0 Å². The molecule has 0 aromatic rings. The molecular formula is C14H33NO3Si. The summed E-state index contributed by atoms with van der Waals surface area (Å²) < 4.78 is 17.0. The molecule has 0 aromatic carbocycles. The van der Waals surface area contributed by atoms with Crippen molar-refractivity contribution in [1.29, 1.82) is 0 Å². The minimum Gasteiger partial charge on any atom is -0.414 e. The van der Waals surface area contributed by atoms with E-state index in [9.17, 15) is 0 Å². The lowest BCUT2D eigenvalue weighted by Gasteiger charge is -2.36. The zero-order chi connectivity index (χ0) is 14.9. The molecule has 0 fully saturated rings. The fourth-order valence-electron chi connectivity index (χ4n) is 1.14. The number of likely N-dealkylation sites (N-methyl/N-ethyl adjacent to an activating group) is 1. The number of rotatable bonds is 10. The molecular weight excluding hydrogens is 258 g/mol. The van der Waals surface area contributed by atoms with Crippen LogP contribution < -0.4 is 0 Å². The van der Waals surface area contributed by atoms with Gasteiger partial charge in [0.1, 0.15) is 0 Å². The largest absolute Gasteiger partial charge is 0.414 e. The molecule has 0 amide bonds. The summed E-state index contributed by atoms with van der Waals surface area (Å²) in [5, 5.41) is 0.266. The molecule has 4 nitrogen and oxygen atoms in total. The van der Waals surface area contributed by atoms with Gasteiger partial charge in [-0.25, -0.2) is 0 Å². The van der Waals surface area contributed by atoms with Crippen LogP contribution in [0.5, 0.6) is 0 Å². The lowest BCUT2D eigenvalue weighted by atomic mass is 10.2. The predicted molar refractivity (Wildman–Crippen MR) is 83.3 cm³/mol. The average molecular weight is 292 g/mol. The third-order valence-corrected chi connectivity index (χ3v) is 8.09. The Hall–Kier alpha value is 0.0569. The minimum atomic E-state index is -1.62. The van der Waals surface area contributed by atoms with Gasteiger partial charge in [0.05, 0.1) is 33.0 Å². The molecule has 0 heterocycles. The monoisotopic (exact) mass is 291 g/mol. The zero-order valence-corrected chi connectivity index (χ0v) is 14.9. The second-order valence-electron chi connectivity index (χ2n) is 6.64. The van der Waals surface area contributed by atoms with E-state index >= 15 is 0 Å². The highest BCUT2D eigenvalue weighted by Gasteiger charge is 2.36. The summed E-state index contributed by atoms with van der Waals surface area (Å²) in [6.45, 7) is 15.6. The summed E-state index contributed by atoms with van der Waals surface area (Å²) in [5.74, 6) is 0. The van der Waals surface area contributed by atoms with E-state index in [-0.39, 0.29) is 5.04 Å². The summed E-state index contributed by atoms with van der Waals surface area (Å²) in [4.78, 5) is 2.11.